The Morgan fingerprint density at radius 2 is 1.52 bits per heavy atom. The smallest absolute Gasteiger partial charge is 0.261 e. The standard InChI is InChI=1S/C32H34ClN3O4/c1-2-3-18-34-30(38)28(21-23-11-5-4-6-12-23)36(22-24-13-9-14-25(33)20-24)29(37)17-10-19-35-31(39)26-15-7-8-16-27(26)32(35)40/h4-9,11-16,20,28H,2-3,10,17-19,21-22H2,1H3,(H,34,38)/t28-/m1/s1. The Kier molecular flexibility index (Phi) is 10.1. The third kappa shape index (κ3) is 7.16. The number of hydrogen-bond donors (Lipinski definition) is 1. The number of fused-ring (bicyclic) bond motifs is 1. The van der Waals surface area contributed by atoms with E-state index in [9.17, 15) is 19.2 Å². The highest BCUT2D eigenvalue weighted by atomic mass is 35.5. The SMILES string of the molecule is CCCCNC(=O)[C@@H](Cc1ccccc1)N(Cc1cccc(Cl)c1)C(=O)CCCN1C(=O)c2ccccc2C1=O. The highest BCUT2D eigenvalue weighted by Crippen LogP contribution is 2.23. The molecule has 0 bridgehead atoms. The van der Waals surface area contributed by atoms with Gasteiger partial charge in [-0.05, 0) is 48.2 Å². The van der Waals surface area contributed by atoms with Crippen molar-refractivity contribution in [2.24, 2.45) is 0 Å². The van der Waals surface area contributed by atoms with E-state index in [2.05, 4.69) is 12.2 Å². The second-order valence-electron chi connectivity index (χ2n) is 9.91. The van der Waals surface area contributed by atoms with Crippen LogP contribution in [0.25, 0.3) is 0 Å². The molecule has 3 aromatic carbocycles. The van der Waals surface area contributed by atoms with Gasteiger partial charge in [0, 0.05) is 37.5 Å². The maximum Gasteiger partial charge on any atom is 0.261 e. The van der Waals surface area contributed by atoms with Gasteiger partial charge < -0.3 is 10.2 Å². The highest BCUT2D eigenvalue weighted by molar-refractivity contribution is 6.30. The van der Waals surface area contributed by atoms with Crippen molar-refractivity contribution in [3.8, 4) is 0 Å². The molecule has 4 amide bonds. The van der Waals surface area contributed by atoms with Gasteiger partial charge in [-0.1, -0.05) is 79.5 Å². The normalized spacial score (nSPS) is 13.2. The molecule has 0 fully saturated rings. The van der Waals surface area contributed by atoms with Gasteiger partial charge in [0.25, 0.3) is 11.8 Å². The fraction of sp³-hybridized carbons (Fsp3) is 0.312. The lowest BCUT2D eigenvalue weighted by Gasteiger charge is -2.32. The van der Waals surface area contributed by atoms with Gasteiger partial charge in [-0.3, -0.25) is 24.1 Å². The van der Waals surface area contributed by atoms with Crippen LogP contribution < -0.4 is 5.32 Å². The molecular weight excluding hydrogens is 526 g/mol. The van der Waals surface area contributed by atoms with E-state index in [0.29, 0.717) is 29.1 Å². The summed E-state index contributed by atoms with van der Waals surface area (Å²) in [5, 5.41) is 3.55. The summed E-state index contributed by atoms with van der Waals surface area (Å²) in [4.78, 5) is 55.6. The number of hydrogen-bond acceptors (Lipinski definition) is 4. The summed E-state index contributed by atoms with van der Waals surface area (Å²) in [6.45, 7) is 2.90. The first kappa shape index (κ1) is 29.0. The third-order valence-electron chi connectivity index (χ3n) is 6.99. The number of nitrogens with zero attached hydrogens (tertiary/aromatic N) is 2. The molecule has 1 atom stereocenters. The number of halogens is 1. The van der Waals surface area contributed by atoms with E-state index in [1.54, 1.807) is 41.3 Å². The molecule has 1 aliphatic heterocycles. The highest BCUT2D eigenvalue weighted by Gasteiger charge is 2.35. The van der Waals surface area contributed by atoms with Crippen LogP contribution in [0.2, 0.25) is 5.02 Å². The Bertz CT molecular complexity index is 1330. The van der Waals surface area contributed by atoms with E-state index >= 15 is 0 Å². The lowest BCUT2D eigenvalue weighted by atomic mass is 10.0. The van der Waals surface area contributed by atoms with E-state index < -0.39 is 6.04 Å². The number of unbranched alkanes of at least 4 members (excludes halogenated alkanes) is 1. The molecule has 4 rings (SSSR count). The molecule has 1 heterocycles. The molecule has 3 aromatic rings. The van der Waals surface area contributed by atoms with E-state index in [0.717, 1.165) is 24.0 Å². The monoisotopic (exact) mass is 559 g/mol. The number of nitrogens with one attached hydrogen (secondary N) is 1. The van der Waals surface area contributed by atoms with E-state index in [-0.39, 0.29) is 49.6 Å². The molecular formula is C32H34ClN3O4. The second kappa shape index (κ2) is 13.9. The summed E-state index contributed by atoms with van der Waals surface area (Å²) in [5.41, 5.74) is 2.51. The average Bonchev–Trinajstić information content (AvgIpc) is 3.20. The van der Waals surface area contributed by atoms with Crippen LogP contribution in [-0.2, 0) is 22.6 Å². The van der Waals surface area contributed by atoms with Crippen molar-refractivity contribution in [2.75, 3.05) is 13.1 Å². The first-order valence-electron chi connectivity index (χ1n) is 13.7. The van der Waals surface area contributed by atoms with Gasteiger partial charge in [0.05, 0.1) is 11.1 Å². The van der Waals surface area contributed by atoms with Gasteiger partial charge in [-0.2, -0.15) is 0 Å². The van der Waals surface area contributed by atoms with Gasteiger partial charge >= 0.3 is 0 Å². The molecule has 0 aromatic heterocycles. The summed E-state index contributed by atoms with van der Waals surface area (Å²) in [6, 6.07) is 22.8. The lowest BCUT2D eigenvalue weighted by Crippen LogP contribution is -2.50. The molecule has 40 heavy (non-hydrogen) atoms. The zero-order valence-corrected chi connectivity index (χ0v) is 23.4. The molecule has 0 saturated carbocycles. The fourth-order valence-corrected chi connectivity index (χ4v) is 5.08. The Hall–Kier alpha value is -3.97. The van der Waals surface area contributed by atoms with Crippen LogP contribution >= 0.6 is 11.6 Å². The van der Waals surface area contributed by atoms with Crippen molar-refractivity contribution in [3.63, 3.8) is 0 Å². The number of imide groups is 1. The predicted molar refractivity (Wildman–Crippen MR) is 155 cm³/mol. The van der Waals surface area contributed by atoms with Gasteiger partial charge in [0.2, 0.25) is 11.8 Å². The van der Waals surface area contributed by atoms with Gasteiger partial charge in [0.1, 0.15) is 6.04 Å². The van der Waals surface area contributed by atoms with Crippen LogP contribution in [-0.4, -0.2) is 52.6 Å². The molecule has 0 radical (unpaired) electrons. The minimum atomic E-state index is -0.745. The van der Waals surface area contributed by atoms with Gasteiger partial charge in [0.15, 0.2) is 0 Å². The number of benzene rings is 3. The van der Waals surface area contributed by atoms with Crippen molar-refractivity contribution in [2.45, 2.75) is 51.6 Å². The van der Waals surface area contributed by atoms with Gasteiger partial charge in [-0.15, -0.1) is 0 Å². The summed E-state index contributed by atoms with van der Waals surface area (Å²) in [7, 11) is 0. The second-order valence-corrected chi connectivity index (χ2v) is 10.3. The van der Waals surface area contributed by atoms with E-state index in [4.69, 9.17) is 11.6 Å². The topological polar surface area (TPSA) is 86.8 Å². The molecule has 1 aliphatic rings. The van der Waals surface area contributed by atoms with Crippen molar-refractivity contribution in [1.82, 2.24) is 15.1 Å². The lowest BCUT2D eigenvalue weighted by molar-refractivity contribution is -0.141. The van der Waals surface area contributed by atoms with Crippen molar-refractivity contribution >= 4 is 35.2 Å². The maximum absolute atomic E-state index is 13.8. The zero-order chi connectivity index (χ0) is 28.5. The average molecular weight is 560 g/mol. The van der Waals surface area contributed by atoms with Crippen LogP contribution in [0.5, 0.6) is 0 Å². The van der Waals surface area contributed by atoms with E-state index in [1.165, 1.54) is 4.90 Å². The number of carbonyl (C=O) groups excluding carboxylic acids is 4. The minimum absolute atomic E-state index is 0.0709. The number of rotatable bonds is 13. The van der Waals surface area contributed by atoms with Crippen LogP contribution in [0, 0.1) is 0 Å². The predicted octanol–water partition coefficient (Wildman–Crippen LogP) is 5.27. The first-order chi connectivity index (χ1) is 19.4. The van der Waals surface area contributed by atoms with Gasteiger partial charge in [-0.25, -0.2) is 0 Å². The molecule has 0 spiro atoms. The third-order valence-corrected chi connectivity index (χ3v) is 7.23. The largest absolute Gasteiger partial charge is 0.354 e. The summed E-state index contributed by atoms with van der Waals surface area (Å²) >= 11 is 6.23. The Balaban J connectivity index is 1.53. The van der Waals surface area contributed by atoms with E-state index in [1.807, 2.05) is 42.5 Å². The summed E-state index contributed by atoms with van der Waals surface area (Å²) < 4.78 is 0. The fourth-order valence-electron chi connectivity index (χ4n) is 4.87. The van der Waals surface area contributed by atoms with Crippen LogP contribution in [0.3, 0.4) is 0 Å². The number of carbonyl (C=O) groups is 4. The molecule has 7 nitrogen and oxygen atoms in total. The molecule has 0 unspecified atom stereocenters. The number of amides is 4. The molecule has 1 N–H and O–H groups in total. The van der Waals surface area contributed by atoms with Crippen LogP contribution in [0.15, 0.2) is 78.9 Å². The van der Waals surface area contributed by atoms with Crippen LogP contribution in [0.1, 0.15) is 64.4 Å². The Morgan fingerprint density at radius 3 is 2.17 bits per heavy atom. The van der Waals surface area contributed by atoms with Crippen molar-refractivity contribution in [1.29, 1.82) is 0 Å². The van der Waals surface area contributed by atoms with Crippen molar-refractivity contribution in [3.05, 3.63) is 106 Å². The van der Waals surface area contributed by atoms with Crippen LogP contribution in [0.4, 0.5) is 0 Å². The zero-order valence-electron chi connectivity index (χ0n) is 22.6. The quantitative estimate of drug-likeness (QED) is 0.228. The van der Waals surface area contributed by atoms with Crippen molar-refractivity contribution < 1.29 is 19.2 Å². The minimum Gasteiger partial charge on any atom is -0.354 e. The Morgan fingerprint density at radius 1 is 0.875 bits per heavy atom. The molecule has 0 aliphatic carbocycles. The molecule has 0 saturated heterocycles. The summed E-state index contributed by atoms with van der Waals surface area (Å²) in [6.07, 6.45) is 2.48. The maximum atomic E-state index is 13.8. The molecule has 208 valence electrons. The Labute approximate surface area is 240 Å². The first-order valence-corrected chi connectivity index (χ1v) is 14.1. The summed E-state index contributed by atoms with van der Waals surface area (Å²) in [5.74, 6) is -1.14. The molecule has 8 heteroatoms.